The predicted molar refractivity (Wildman–Crippen MR) is 66.8 cm³/mol. The first kappa shape index (κ1) is 13.1. The van der Waals surface area contributed by atoms with E-state index in [9.17, 15) is 0 Å². The van der Waals surface area contributed by atoms with Gasteiger partial charge in [-0.2, -0.15) is 24.0 Å². The minimum atomic E-state index is 0.865. The van der Waals surface area contributed by atoms with Crippen LogP contribution in [-0.4, -0.2) is 0 Å². The van der Waals surface area contributed by atoms with Crippen molar-refractivity contribution in [2.75, 3.05) is 0 Å². The summed E-state index contributed by atoms with van der Waals surface area (Å²) >= 11 is 5.80. The number of hydrogen-bond acceptors (Lipinski definition) is 2. The smallest absolute Gasteiger partial charge is 0.0162 e. The summed E-state index contributed by atoms with van der Waals surface area (Å²) in [7, 11) is 0. The molecule has 0 aromatic carbocycles. The quantitative estimate of drug-likeness (QED) is 0.544. The fourth-order valence-electron chi connectivity index (χ4n) is 0.883. The van der Waals surface area contributed by atoms with Crippen LogP contribution in [0.2, 0.25) is 0 Å². The van der Waals surface area contributed by atoms with Gasteiger partial charge >= 0.3 is 0 Å². The summed E-state index contributed by atoms with van der Waals surface area (Å²) in [5.41, 5.74) is 1.31. The minimum Gasteiger partial charge on any atom is -0.175 e. The van der Waals surface area contributed by atoms with Crippen LogP contribution in [0.3, 0.4) is 0 Å². The number of unbranched alkanes of at least 4 members (excludes halogenated alkanes) is 3. The van der Waals surface area contributed by atoms with Crippen molar-refractivity contribution in [3.63, 3.8) is 0 Å². The van der Waals surface area contributed by atoms with Gasteiger partial charge in [-0.15, -0.1) is 0 Å². The third-order valence-corrected chi connectivity index (χ3v) is 2.82. The molecule has 0 aliphatic rings. The molecule has 0 nitrogen and oxygen atoms in total. The van der Waals surface area contributed by atoms with E-state index in [1.165, 1.54) is 31.2 Å². The molecule has 0 saturated carbocycles. The Morgan fingerprint density at radius 1 is 1.23 bits per heavy atom. The molecule has 1 rings (SSSR count). The second-order valence-corrected chi connectivity index (χ2v) is 4.09. The molecule has 0 N–H and O–H groups in total. The normalized spacial score (nSPS) is 9.15. The van der Waals surface area contributed by atoms with Crippen molar-refractivity contribution < 1.29 is 0 Å². The van der Waals surface area contributed by atoms with Crippen LogP contribution in [0.4, 0.5) is 0 Å². The van der Waals surface area contributed by atoms with E-state index < -0.39 is 0 Å². The Morgan fingerprint density at radius 2 is 1.85 bits per heavy atom. The number of hydrogen-bond donors (Lipinski definition) is 1. The highest BCUT2D eigenvalue weighted by Gasteiger charge is 1.83. The summed E-state index contributed by atoms with van der Waals surface area (Å²) in [5.74, 6) is 0.865. The monoisotopic (exact) mass is 216 g/mol. The third-order valence-electron chi connectivity index (χ3n) is 1.72. The Balaban J connectivity index is 0.000000226. The van der Waals surface area contributed by atoms with Crippen molar-refractivity contribution in [1.29, 1.82) is 0 Å². The van der Waals surface area contributed by atoms with E-state index in [4.69, 9.17) is 0 Å². The van der Waals surface area contributed by atoms with Gasteiger partial charge in [-0.25, -0.2) is 0 Å². The molecule has 0 aliphatic carbocycles. The first-order chi connectivity index (χ1) is 6.35. The first-order valence-electron chi connectivity index (χ1n) is 4.97. The Labute approximate surface area is 91.8 Å². The van der Waals surface area contributed by atoms with E-state index in [0.29, 0.717) is 0 Å². The molecule has 0 amide bonds. The lowest BCUT2D eigenvalue weighted by atomic mass is 10.2. The second kappa shape index (κ2) is 10.1. The standard InChI is InChI=1S/C6H14.C5H6S2/c1-3-5-6-4-2;6-3-5-1-2-7-4-5/h3-6H2,1-2H3;1-2,4,6H,3H2. The molecule has 0 spiro atoms. The number of rotatable bonds is 4. The zero-order valence-electron chi connectivity index (χ0n) is 8.62. The van der Waals surface area contributed by atoms with E-state index in [-0.39, 0.29) is 0 Å². The van der Waals surface area contributed by atoms with Crippen LogP contribution in [0.5, 0.6) is 0 Å². The highest BCUT2D eigenvalue weighted by atomic mass is 32.1. The fourth-order valence-corrected chi connectivity index (χ4v) is 1.87. The lowest BCUT2D eigenvalue weighted by molar-refractivity contribution is 0.702. The molecule has 0 saturated heterocycles. The second-order valence-electron chi connectivity index (χ2n) is 3.00. The van der Waals surface area contributed by atoms with Crippen LogP contribution in [0.25, 0.3) is 0 Å². The number of thiol groups is 1. The first-order valence-corrected chi connectivity index (χ1v) is 6.54. The van der Waals surface area contributed by atoms with Crippen molar-refractivity contribution in [3.05, 3.63) is 22.4 Å². The molecule has 13 heavy (non-hydrogen) atoms. The zero-order chi connectivity index (χ0) is 9.94. The van der Waals surface area contributed by atoms with Gasteiger partial charge in [0.05, 0.1) is 0 Å². The molecule has 1 aromatic rings. The SMILES string of the molecule is CCCCCC.SCc1ccsc1. The lowest BCUT2D eigenvalue weighted by Crippen LogP contribution is -1.66. The average Bonchev–Trinajstić information content (AvgIpc) is 2.68. The van der Waals surface area contributed by atoms with E-state index >= 15 is 0 Å². The van der Waals surface area contributed by atoms with Gasteiger partial charge in [0.1, 0.15) is 0 Å². The molecule has 1 aromatic heterocycles. The minimum absolute atomic E-state index is 0.865. The summed E-state index contributed by atoms with van der Waals surface area (Å²) in [6.07, 6.45) is 5.54. The molecular weight excluding hydrogens is 196 g/mol. The summed E-state index contributed by atoms with van der Waals surface area (Å²) in [4.78, 5) is 0. The highest BCUT2D eigenvalue weighted by Crippen LogP contribution is 2.07. The molecule has 0 atom stereocenters. The van der Waals surface area contributed by atoms with Gasteiger partial charge < -0.3 is 0 Å². The topological polar surface area (TPSA) is 0 Å². The van der Waals surface area contributed by atoms with Crippen molar-refractivity contribution in [2.24, 2.45) is 0 Å². The molecular formula is C11H20S2. The van der Waals surface area contributed by atoms with Gasteiger partial charge in [-0.1, -0.05) is 39.5 Å². The van der Waals surface area contributed by atoms with Gasteiger partial charge in [-0.3, -0.25) is 0 Å². The van der Waals surface area contributed by atoms with E-state index in [1.807, 2.05) is 0 Å². The van der Waals surface area contributed by atoms with Crippen LogP contribution in [0.15, 0.2) is 16.8 Å². The van der Waals surface area contributed by atoms with Crippen molar-refractivity contribution in [1.82, 2.24) is 0 Å². The maximum absolute atomic E-state index is 4.08. The van der Waals surface area contributed by atoms with E-state index in [1.54, 1.807) is 11.3 Å². The van der Waals surface area contributed by atoms with Crippen LogP contribution in [0.1, 0.15) is 45.1 Å². The summed E-state index contributed by atoms with van der Waals surface area (Å²) < 4.78 is 0. The largest absolute Gasteiger partial charge is 0.175 e. The molecule has 2 heteroatoms. The zero-order valence-corrected chi connectivity index (χ0v) is 10.3. The molecule has 0 aliphatic heterocycles. The Kier molecular flexibility index (Phi) is 10.2. The van der Waals surface area contributed by atoms with Gasteiger partial charge in [-0.05, 0) is 22.4 Å². The predicted octanol–water partition coefficient (Wildman–Crippen LogP) is 4.76. The van der Waals surface area contributed by atoms with Crippen LogP contribution >= 0.6 is 24.0 Å². The van der Waals surface area contributed by atoms with Gasteiger partial charge in [0.15, 0.2) is 0 Å². The van der Waals surface area contributed by atoms with Gasteiger partial charge in [0.2, 0.25) is 0 Å². The van der Waals surface area contributed by atoms with Crippen molar-refractivity contribution >= 4 is 24.0 Å². The highest BCUT2D eigenvalue weighted by molar-refractivity contribution is 7.79. The maximum Gasteiger partial charge on any atom is 0.0162 e. The summed E-state index contributed by atoms with van der Waals surface area (Å²) in [5, 5.41) is 4.17. The van der Waals surface area contributed by atoms with Crippen molar-refractivity contribution in [2.45, 2.75) is 45.3 Å². The Hall–Kier alpha value is 0.0500. The van der Waals surface area contributed by atoms with Crippen LogP contribution < -0.4 is 0 Å². The molecule has 1 heterocycles. The van der Waals surface area contributed by atoms with Crippen molar-refractivity contribution in [3.8, 4) is 0 Å². The maximum atomic E-state index is 4.08. The number of thiophene rings is 1. The molecule has 0 fully saturated rings. The van der Waals surface area contributed by atoms with Gasteiger partial charge in [0, 0.05) is 5.75 Å². The average molecular weight is 216 g/mol. The third kappa shape index (κ3) is 8.38. The Morgan fingerprint density at radius 3 is 2.08 bits per heavy atom. The molecule has 0 unspecified atom stereocenters. The van der Waals surface area contributed by atoms with Gasteiger partial charge in [0.25, 0.3) is 0 Å². The molecule has 0 radical (unpaired) electrons. The Bertz CT molecular complexity index is 164. The van der Waals surface area contributed by atoms with Crippen LogP contribution in [0, 0.1) is 0 Å². The van der Waals surface area contributed by atoms with E-state index in [0.717, 1.165) is 5.75 Å². The fraction of sp³-hybridized carbons (Fsp3) is 0.636. The lowest BCUT2D eigenvalue weighted by Gasteiger charge is -1.86. The van der Waals surface area contributed by atoms with Crippen LogP contribution in [-0.2, 0) is 5.75 Å². The molecule has 76 valence electrons. The summed E-state index contributed by atoms with van der Waals surface area (Å²) in [6.45, 7) is 4.46. The molecule has 0 bridgehead atoms. The summed E-state index contributed by atoms with van der Waals surface area (Å²) in [6, 6.07) is 2.08. The van der Waals surface area contributed by atoms with E-state index in [2.05, 4.69) is 43.3 Å².